The van der Waals surface area contributed by atoms with E-state index in [9.17, 15) is 0 Å². The van der Waals surface area contributed by atoms with Gasteiger partial charge < -0.3 is 25.0 Å². The van der Waals surface area contributed by atoms with Crippen LogP contribution in [0, 0.1) is 11.8 Å². The van der Waals surface area contributed by atoms with Crippen LogP contribution in [0.1, 0.15) is 64.2 Å². The van der Waals surface area contributed by atoms with Crippen LogP contribution >= 0.6 is 0 Å². The molecule has 0 unspecified atom stereocenters. The minimum atomic E-state index is 0.550. The summed E-state index contributed by atoms with van der Waals surface area (Å²) < 4.78 is 11.2. The number of piperidine rings is 1. The van der Waals surface area contributed by atoms with Gasteiger partial charge in [0, 0.05) is 65.7 Å². The first-order chi connectivity index (χ1) is 14.3. The number of guanidine groups is 1. The number of ether oxygens (including phenoxy) is 2. The maximum absolute atomic E-state index is 5.85. The van der Waals surface area contributed by atoms with Crippen molar-refractivity contribution in [3.05, 3.63) is 0 Å². The molecule has 3 aliphatic rings. The quantitative estimate of drug-likeness (QED) is 0.349. The molecular formula is C23H44N4O2. The molecule has 0 aromatic carbocycles. The van der Waals surface area contributed by atoms with Gasteiger partial charge >= 0.3 is 0 Å². The minimum Gasteiger partial charge on any atom is -0.381 e. The second-order valence-electron chi connectivity index (χ2n) is 9.21. The van der Waals surface area contributed by atoms with Crippen molar-refractivity contribution in [3.63, 3.8) is 0 Å². The first-order valence-electron chi connectivity index (χ1n) is 12.2. The largest absolute Gasteiger partial charge is 0.381 e. The maximum Gasteiger partial charge on any atom is 0.191 e. The van der Waals surface area contributed by atoms with E-state index in [2.05, 4.69) is 20.5 Å². The summed E-state index contributed by atoms with van der Waals surface area (Å²) in [6, 6.07) is 0.550. The Balaban J connectivity index is 1.21. The lowest BCUT2D eigenvalue weighted by atomic mass is 9.88. The topological polar surface area (TPSA) is 58.1 Å². The fraction of sp³-hybridized carbons (Fsp3) is 0.957. The highest BCUT2D eigenvalue weighted by molar-refractivity contribution is 5.79. The van der Waals surface area contributed by atoms with Crippen molar-refractivity contribution in [1.82, 2.24) is 15.5 Å². The molecule has 6 nitrogen and oxygen atoms in total. The Morgan fingerprint density at radius 2 is 1.76 bits per heavy atom. The number of hydrogen-bond acceptors (Lipinski definition) is 4. The van der Waals surface area contributed by atoms with E-state index in [1.807, 2.05) is 7.05 Å². The van der Waals surface area contributed by atoms with Gasteiger partial charge in [0.05, 0.1) is 0 Å². The molecule has 0 atom stereocenters. The average molecular weight is 409 g/mol. The van der Waals surface area contributed by atoms with E-state index in [4.69, 9.17) is 9.47 Å². The number of hydrogen-bond donors (Lipinski definition) is 2. The zero-order chi connectivity index (χ0) is 20.2. The second kappa shape index (κ2) is 13.5. The summed E-state index contributed by atoms with van der Waals surface area (Å²) in [7, 11) is 1.87. The van der Waals surface area contributed by atoms with E-state index >= 15 is 0 Å². The van der Waals surface area contributed by atoms with Crippen LogP contribution in [0.4, 0.5) is 0 Å². The zero-order valence-corrected chi connectivity index (χ0v) is 18.7. The third-order valence-electron chi connectivity index (χ3n) is 6.85. The summed E-state index contributed by atoms with van der Waals surface area (Å²) in [6.45, 7) is 8.20. The smallest absolute Gasteiger partial charge is 0.191 e. The molecule has 0 aromatic rings. The van der Waals surface area contributed by atoms with E-state index < -0.39 is 0 Å². The molecule has 2 N–H and O–H groups in total. The van der Waals surface area contributed by atoms with E-state index in [1.54, 1.807) is 0 Å². The Kier molecular flexibility index (Phi) is 10.6. The molecule has 2 aliphatic heterocycles. The van der Waals surface area contributed by atoms with Gasteiger partial charge in [-0.25, -0.2) is 0 Å². The van der Waals surface area contributed by atoms with Crippen molar-refractivity contribution < 1.29 is 9.47 Å². The van der Waals surface area contributed by atoms with Crippen LogP contribution < -0.4 is 10.6 Å². The molecule has 0 aromatic heterocycles. The van der Waals surface area contributed by atoms with Crippen LogP contribution in [-0.4, -0.2) is 76.6 Å². The summed E-state index contributed by atoms with van der Waals surface area (Å²) in [6.07, 6.45) is 13.0. The standard InChI is InChI=1S/C23H44N4O2/c1-24-23(25-12-5-15-29-19-21-10-16-28-17-11-21)26-22-8-13-27(14-9-22)18-20-6-3-2-4-7-20/h20-22H,2-19H2,1H3,(H2,24,25,26). The van der Waals surface area contributed by atoms with Gasteiger partial charge in [0.2, 0.25) is 0 Å². The predicted molar refractivity (Wildman–Crippen MR) is 120 cm³/mol. The SMILES string of the molecule is CN=C(NCCCOCC1CCOCC1)NC1CCN(CC2CCCCC2)CC1. The minimum absolute atomic E-state index is 0.550. The van der Waals surface area contributed by atoms with Gasteiger partial charge in [0.25, 0.3) is 0 Å². The van der Waals surface area contributed by atoms with Crippen LogP contribution in [-0.2, 0) is 9.47 Å². The van der Waals surface area contributed by atoms with E-state index in [0.717, 1.165) is 64.1 Å². The van der Waals surface area contributed by atoms with E-state index in [-0.39, 0.29) is 0 Å². The van der Waals surface area contributed by atoms with Crippen molar-refractivity contribution in [2.45, 2.75) is 70.3 Å². The molecule has 0 radical (unpaired) electrons. The number of nitrogens with one attached hydrogen (secondary N) is 2. The van der Waals surface area contributed by atoms with Crippen LogP contribution in [0.2, 0.25) is 0 Å². The number of likely N-dealkylation sites (tertiary alicyclic amines) is 1. The fourth-order valence-corrected chi connectivity index (χ4v) is 4.93. The maximum atomic E-state index is 5.85. The van der Waals surface area contributed by atoms with Crippen molar-refractivity contribution in [2.75, 3.05) is 59.7 Å². The molecule has 1 aliphatic carbocycles. The predicted octanol–water partition coefficient (Wildman–Crippen LogP) is 3.03. The highest BCUT2D eigenvalue weighted by Gasteiger charge is 2.23. The van der Waals surface area contributed by atoms with Crippen molar-refractivity contribution in [3.8, 4) is 0 Å². The third-order valence-corrected chi connectivity index (χ3v) is 6.85. The lowest BCUT2D eigenvalue weighted by Gasteiger charge is -2.36. The summed E-state index contributed by atoms with van der Waals surface area (Å²) in [4.78, 5) is 7.11. The summed E-state index contributed by atoms with van der Waals surface area (Å²) >= 11 is 0. The summed E-state index contributed by atoms with van der Waals surface area (Å²) in [5.41, 5.74) is 0. The molecule has 6 heteroatoms. The number of nitrogens with zero attached hydrogens (tertiary/aromatic N) is 2. The van der Waals surface area contributed by atoms with Gasteiger partial charge in [0.1, 0.15) is 0 Å². The van der Waals surface area contributed by atoms with Gasteiger partial charge in [-0.1, -0.05) is 19.3 Å². The lowest BCUT2D eigenvalue weighted by Crippen LogP contribution is -2.49. The average Bonchev–Trinajstić information content (AvgIpc) is 2.78. The van der Waals surface area contributed by atoms with Gasteiger partial charge in [0.15, 0.2) is 5.96 Å². The highest BCUT2D eigenvalue weighted by atomic mass is 16.5. The molecule has 3 fully saturated rings. The van der Waals surface area contributed by atoms with Gasteiger partial charge in [-0.3, -0.25) is 4.99 Å². The van der Waals surface area contributed by atoms with Gasteiger partial charge in [-0.15, -0.1) is 0 Å². The monoisotopic (exact) mass is 408 g/mol. The van der Waals surface area contributed by atoms with Gasteiger partial charge in [-0.2, -0.15) is 0 Å². The normalized spacial score (nSPS) is 24.0. The molecule has 1 saturated carbocycles. The van der Waals surface area contributed by atoms with E-state index in [0.29, 0.717) is 12.0 Å². The molecule has 2 saturated heterocycles. The Morgan fingerprint density at radius 3 is 2.48 bits per heavy atom. The highest BCUT2D eigenvalue weighted by Crippen LogP contribution is 2.25. The molecular weight excluding hydrogens is 364 g/mol. The molecule has 3 rings (SSSR count). The van der Waals surface area contributed by atoms with Crippen molar-refractivity contribution >= 4 is 5.96 Å². The number of aliphatic imine (C=N–C) groups is 1. The fourth-order valence-electron chi connectivity index (χ4n) is 4.93. The second-order valence-corrected chi connectivity index (χ2v) is 9.21. The number of rotatable bonds is 9. The van der Waals surface area contributed by atoms with Gasteiger partial charge in [-0.05, 0) is 56.8 Å². The van der Waals surface area contributed by atoms with Crippen LogP contribution in [0.15, 0.2) is 4.99 Å². The van der Waals surface area contributed by atoms with Crippen molar-refractivity contribution in [2.24, 2.45) is 16.8 Å². The first-order valence-corrected chi connectivity index (χ1v) is 12.2. The van der Waals surface area contributed by atoms with Crippen LogP contribution in [0.3, 0.4) is 0 Å². The Labute approximate surface area is 178 Å². The Bertz CT molecular complexity index is 454. The third kappa shape index (κ3) is 8.81. The summed E-state index contributed by atoms with van der Waals surface area (Å²) in [5.74, 6) is 2.59. The molecule has 2 heterocycles. The van der Waals surface area contributed by atoms with E-state index in [1.165, 1.54) is 64.6 Å². The molecule has 168 valence electrons. The zero-order valence-electron chi connectivity index (χ0n) is 18.7. The Hall–Kier alpha value is -0.850. The first kappa shape index (κ1) is 22.8. The lowest BCUT2D eigenvalue weighted by molar-refractivity contribution is 0.0203. The molecule has 0 bridgehead atoms. The summed E-state index contributed by atoms with van der Waals surface area (Å²) in [5, 5.41) is 7.09. The molecule has 29 heavy (non-hydrogen) atoms. The van der Waals surface area contributed by atoms with Crippen LogP contribution in [0.25, 0.3) is 0 Å². The molecule has 0 amide bonds. The van der Waals surface area contributed by atoms with Crippen LogP contribution in [0.5, 0.6) is 0 Å². The Morgan fingerprint density at radius 1 is 1.00 bits per heavy atom. The molecule has 0 spiro atoms. The van der Waals surface area contributed by atoms with Crippen molar-refractivity contribution in [1.29, 1.82) is 0 Å².